The highest BCUT2D eigenvalue weighted by molar-refractivity contribution is 9.10. The first-order valence-corrected chi connectivity index (χ1v) is 9.04. The summed E-state index contributed by atoms with van der Waals surface area (Å²) < 4.78 is 1.18. The Kier molecular flexibility index (Phi) is 7.09. The Morgan fingerprint density at radius 2 is 1.85 bits per heavy atom. The third-order valence-corrected chi connectivity index (χ3v) is 5.09. The summed E-state index contributed by atoms with van der Waals surface area (Å²) in [4.78, 5) is 0. The van der Waals surface area contributed by atoms with Gasteiger partial charge in [-0.05, 0) is 55.5 Å². The van der Waals surface area contributed by atoms with Crippen molar-refractivity contribution in [1.82, 2.24) is 5.32 Å². The summed E-state index contributed by atoms with van der Waals surface area (Å²) in [5.41, 5.74) is 1.49. The predicted octanol–water partition coefficient (Wildman–Crippen LogP) is 5.19. The van der Waals surface area contributed by atoms with Gasteiger partial charge in [0.05, 0.1) is 0 Å². The van der Waals surface area contributed by atoms with Crippen molar-refractivity contribution < 1.29 is 0 Å². The van der Waals surface area contributed by atoms with Gasteiger partial charge in [0.15, 0.2) is 0 Å². The van der Waals surface area contributed by atoms with E-state index in [4.69, 9.17) is 0 Å². The monoisotopic (exact) mass is 337 g/mol. The van der Waals surface area contributed by atoms with Crippen molar-refractivity contribution in [2.45, 2.75) is 51.9 Å². The lowest BCUT2D eigenvalue weighted by molar-refractivity contribution is 0.240. The quantitative estimate of drug-likeness (QED) is 0.675. The highest BCUT2D eigenvalue weighted by Gasteiger charge is 2.23. The van der Waals surface area contributed by atoms with E-state index in [-0.39, 0.29) is 0 Å². The molecule has 0 saturated heterocycles. The van der Waals surface area contributed by atoms with Gasteiger partial charge in [0.25, 0.3) is 0 Å². The number of rotatable bonds is 7. The Hall–Kier alpha value is -0.340. The highest BCUT2D eigenvalue weighted by atomic mass is 79.9. The zero-order chi connectivity index (χ0) is 14.2. The van der Waals surface area contributed by atoms with Crippen LogP contribution in [0, 0.1) is 11.8 Å². The van der Waals surface area contributed by atoms with Crippen LogP contribution in [-0.4, -0.2) is 13.1 Å². The van der Waals surface area contributed by atoms with E-state index < -0.39 is 0 Å². The Morgan fingerprint density at radius 3 is 2.50 bits per heavy atom. The minimum Gasteiger partial charge on any atom is -0.316 e. The van der Waals surface area contributed by atoms with E-state index in [1.54, 1.807) is 0 Å². The Balaban J connectivity index is 1.95. The largest absolute Gasteiger partial charge is 0.316 e. The van der Waals surface area contributed by atoms with Gasteiger partial charge >= 0.3 is 0 Å². The minimum absolute atomic E-state index is 0.808. The van der Waals surface area contributed by atoms with Crippen molar-refractivity contribution in [3.8, 4) is 0 Å². The second kappa shape index (κ2) is 8.84. The lowest BCUT2D eigenvalue weighted by Gasteiger charge is -2.31. The first kappa shape index (κ1) is 16.0. The first-order valence-electron chi connectivity index (χ1n) is 8.24. The van der Waals surface area contributed by atoms with E-state index in [9.17, 15) is 0 Å². The van der Waals surface area contributed by atoms with Crippen molar-refractivity contribution in [3.05, 3.63) is 34.3 Å². The first-order chi connectivity index (χ1) is 9.79. The van der Waals surface area contributed by atoms with Crippen LogP contribution in [0.3, 0.4) is 0 Å². The topological polar surface area (TPSA) is 12.0 Å². The maximum absolute atomic E-state index is 3.65. The maximum Gasteiger partial charge on any atom is 0.0175 e. The molecule has 1 aliphatic carbocycles. The second-order valence-corrected chi connectivity index (χ2v) is 7.11. The van der Waals surface area contributed by atoms with Crippen LogP contribution in [-0.2, 0) is 6.42 Å². The van der Waals surface area contributed by atoms with Crippen LogP contribution in [0.1, 0.15) is 51.0 Å². The molecule has 1 aliphatic rings. The highest BCUT2D eigenvalue weighted by Crippen LogP contribution is 2.32. The lowest BCUT2D eigenvalue weighted by atomic mass is 9.77. The van der Waals surface area contributed by atoms with Gasteiger partial charge in [-0.2, -0.15) is 0 Å². The summed E-state index contributed by atoms with van der Waals surface area (Å²) in [5.74, 6) is 1.74. The summed E-state index contributed by atoms with van der Waals surface area (Å²) >= 11 is 3.53. The van der Waals surface area contributed by atoms with Crippen molar-refractivity contribution in [2.24, 2.45) is 11.8 Å². The molecule has 0 aliphatic heterocycles. The van der Waals surface area contributed by atoms with E-state index in [0.717, 1.165) is 18.4 Å². The average molecular weight is 338 g/mol. The smallest absolute Gasteiger partial charge is 0.0175 e. The molecule has 2 rings (SSSR count). The molecule has 0 aromatic heterocycles. The molecule has 1 fully saturated rings. The van der Waals surface area contributed by atoms with Crippen LogP contribution in [0.2, 0.25) is 0 Å². The molecule has 1 atom stereocenters. The zero-order valence-electron chi connectivity index (χ0n) is 12.7. The molecule has 1 saturated carbocycles. The van der Waals surface area contributed by atoms with Crippen molar-refractivity contribution in [1.29, 1.82) is 0 Å². The average Bonchev–Trinajstić information content (AvgIpc) is 2.49. The van der Waals surface area contributed by atoms with Gasteiger partial charge in [0.1, 0.15) is 0 Å². The van der Waals surface area contributed by atoms with Gasteiger partial charge in [-0.25, -0.2) is 0 Å². The number of nitrogens with one attached hydrogen (secondary N) is 1. The van der Waals surface area contributed by atoms with Gasteiger partial charge in [-0.1, -0.05) is 67.1 Å². The lowest BCUT2D eigenvalue weighted by Crippen LogP contribution is -2.31. The summed E-state index contributed by atoms with van der Waals surface area (Å²) in [5, 5.41) is 3.65. The molecule has 0 amide bonds. The Labute approximate surface area is 132 Å². The van der Waals surface area contributed by atoms with Crippen LogP contribution in [0.25, 0.3) is 0 Å². The van der Waals surface area contributed by atoms with Crippen LogP contribution < -0.4 is 5.32 Å². The van der Waals surface area contributed by atoms with Gasteiger partial charge < -0.3 is 5.32 Å². The van der Waals surface area contributed by atoms with Gasteiger partial charge in [-0.3, -0.25) is 0 Å². The third-order valence-electron chi connectivity index (χ3n) is 4.56. The molecule has 2 heteroatoms. The normalized spacial score (nSPS) is 18.1. The molecular formula is C18H28BrN. The molecule has 0 bridgehead atoms. The fourth-order valence-corrected chi connectivity index (χ4v) is 3.66. The molecule has 1 N–H and O–H groups in total. The predicted molar refractivity (Wildman–Crippen MR) is 91.1 cm³/mol. The van der Waals surface area contributed by atoms with E-state index in [1.807, 2.05) is 0 Å². The number of halogens is 1. The molecule has 1 aromatic carbocycles. The third kappa shape index (κ3) is 5.21. The molecule has 1 unspecified atom stereocenters. The fraction of sp³-hybridized carbons (Fsp3) is 0.667. The van der Waals surface area contributed by atoms with Crippen LogP contribution in [0.4, 0.5) is 0 Å². The standard InChI is InChI=1S/C18H28BrN/c1-2-12-20-14-17(16-6-4-3-5-7-16)13-15-8-10-18(19)11-9-15/h8-11,16-17,20H,2-7,12-14H2,1H3. The molecule has 20 heavy (non-hydrogen) atoms. The van der Waals surface area contributed by atoms with E-state index in [0.29, 0.717) is 0 Å². The van der Waals surface area contributed by atoms with Crippen LogP contribution in [0.5, 0.6) is 0 Å². The fourth-order valence-electron chi connectivity index (χ4n) is 3.40. The Morgan fingerprint density at radius 1 is 1.15 bits per heavy atom. The molecule has 112 valence electrons. The Bertz CT molecular complexity index is 368. The minimum atomic E-state index is 0.808. The number of benzene rings is 1. The SMILES string of the molecule is CCCNCC(Cc1ccc(Br)cc1)C1CCCCC1. The van der Waals surface area contributed by atoms with Gasteiger partial charge in [-0.15, -0.1) is 0 Å². The molecule has 0 spiro atoms. The van der Waals surface area contributed by atoms with Gasteiger partial charge in [0, 0.05) is 4.47 Å². The summed E-state index contributed by atoms with van der Waals surface area (Å²) in [6.45, 7) is 4.59. The molecule has 1 nitrogen and oxygen atoms in total. The second-order valence-electron chi connectivity index (χ2n) is 6.19. The van der Waals surface area contributed by atoms with Crippen LogP contribution >= 0.6 is 15.9 Å². The molecule has 0 heterocycles. The zero-order valence-corrected chi connectivity index (χ0v) is 14.3. The van der Waals surface area contributed by atoms with Crippen LogP contribution in [0.15, 0.2) is 28.7 Å². The molecule has 0 radical (unpaired) electrons. The molecule has 1 aromatic rings. The van der Waals surface area contributed by atoms with E-state index in [1.165, 1.54) is 61.5 Å². The number of hydrogen-bond donors (Lipinski definition) is 1. The van der Waals surface area contributed by atoms with Crippen molar-refractivity contribution in [3.63, 3.8) is 0 Å². The number of hydrogen-bond acceptors (Lipinski definition) is 1. The van der Waals surface area contributed by atoms with Crippen molar-refractivity contribution in [2.75, 3.05) is 13.1 Å². The van der Waals surface area contributed by atoms with Crippen molar-refractivity contribution >= 4 is 15.9 Å². The summed E-state index contributed by atoms with van der Waals surface area (Å²) in [6, 6.07) is 8.90. The summed E-state index contributed by atoms with van der Waals surface area (Å²) in [6.07, 6.45) is 9.67. The van der Waals surface area contributed by atoms with Gasteiger partial charge in [0.2, 0.25) is 0 Å². The maximum atomic E-state index is 3.65. The molecular weight excluding hydrogens is 310 g/mol. The van der Waals surface area contributed by atoms with E-state index >= 15 is 0 Å². The summed E-state index contributed by atoms with van der Waals surface area (Å²) in [7, 11) is 0. The van der Waals surface area contributed by atoms with E-state index in [2.05, 4.69) is 52.4 Å².